The van der Waals surface area contributed by atoms with Gasteiger partial charge >= 0.3 is 5.97 Å². The number of carboxylic acid groups (broad SMARTS) is 1. The van der Waals surface area contributed by atoms with Crippen molar-refractivity contribution in [3.05, 3.63) is 36.4 Å². The van der Waals surface area contributed by atoms with Crippen LogP contribution < -0.4 is 0 Å². The van der Waals surface area contributed by atoms with Crippen LogP contribution in [0.25, 0.3) is 0 Å². The maximum atomic E-state index is 9.60. The molecule has 0 aliphatic heterocycles. The number of hydrogen-bond donors (Lipinski definition) is 1. The Hall–Kier alpha value is -1.02. The van der Waals surface area contributed by atoms with Gasteiger partial charge in [0.2, 0.25) is 0 Å². The summed E-state index contributed by atoms with van der Waals surface area (Å²) in [5.74, 6) is -0.711. The third-order valence-corrected chi connectivity index (χ3v) is 1.13. The van der Waals surface area contributed by atoms with Crippen molar-refractivity contribution in [2.24, 2.45) is 0 Å². The normalized spacial score (nSPS) is 7.46. The van der Waals surface area contributed by atoms with E-state index in [1.54, 1.807) is 0 Å². The molecule has 0 atom stereocenters. The van der Waals surface area contributed by atoms with E-state index in [0.29, 0.717) is 6.42 Å². The number of benzene rings is 1. The molecule has 0 radical (unpaired) electrons. The van der Waals surface area contributed by atoms with Crippen molar-refractivity contribution in [2.75, 3.05) is 0 Å². The van der Waals surface area contributed by atoms with Crippen molar-refractivity contribution < 1.29 is 9.90 Å². The molecule has 0 spiro atoms. The van der Waals surface area contributed by atoms with E-state index in [2.05, 4.69) is 0 Å². The first-order valence-electron chi connectivity index (χ1n) is 3.99. The number of carbonyl (C=O) groups is 1. The average molecular weight is 203 g/mol. The Morgan fingerprint density at radius 2 is 1.38 bits per heavy atom. The summed E-state index contributed by atoms with van der Waals surface area (Å²) in [7, 11) is 0. The largest absolute Gasteiger partial charge is 0.481 e. The molecule has 0 saturated heterocycles. The van der Waals surface area contributed by atoms with Gasteiger partial charge in [0.05, 0.1) is 0 Å². The molecular formula is C10H15ClO2. The molecule has 3 heteroatoms. The van der Waals surface area contributed by atoms with E-state index in [9.17, 15) is 4.79 Å². The Labute approximate surface area is 85.0 Å². The maximum absolute atomic E-state index is 9.60. The quantitative estimate of drug-likeness (QED) is 0.801. The first kappa shape index (κ1) is 14.5. The Morgan fingerprint density at radius 1 is 1.08 bits per heavy atom. The van der Waals surface area contributed by atoms with Crippen LogP contribution in [0.2, 0.25) is 0 Å². The summed E-state index contributed by atoms with van der Waals surface area (Å²) in [4.78, 5) is 9.60. The van der Waals surface area contributed by atoms with Crippen LogP contribution in [0.4, 0.5) is 0 Å². The van der Waals surface area contributed by atoms with Crippen LogP contribution in [0, 0.1) is 0 Å². The van der Waals surface area contributed by atoms with Gasteiger partial charge in [0.15, 0.2) is 0 Å². The Balaban J connectivity index is 0. The summed E-state index contributed by atoms with van der Waals surface area (Å²) < 4.78 is 0. The van der Waals surface area contributed by atoms with Crippen LogP contribution in [0.15, 0.2) is 36.4 Å². The molecule has 74 valence electrons. The second-order valence-corrected chi connectivity index (χ2v) is 2.30. The smallest absolute Gasteiger partial charge is 0.303 e. The zero-order valence-electron chi connectivity index (χ0n) is 7.64. The van der Waals surface area contributed by atoms with Crippen LogP contribution in [-0.4, -0.2) is 11.1 Å². The topological polar surface area (TPSA) is 37.3 Å². The van der Waals surface area contributed by atoms with Crippen molar-refractivity contribution >= 4 is 18.4 Å². The van der Waals surface area contributed by atoms with Gasteiger partial charge in [0.1, 0.15) is 0 Å². The summed E-state index contributed by atoms with van der Waals surface area (Å²) in [5, 5.41) is 7.91. The molecule has 0 aliphatic carbocycles. The maximum Gasteiger partial charge on any atom is 0.303 e. The van der Waals surface area contributed by atoms with Gasteiger partial charge in [-0.15, -0.1) is 12.4 Å². The second kappa shape index (κ2) is 11.0. The molecule has 0 fully saturated rings. The number of hydrogen-bond acceptors (Lipinski definition) is 1. The van der Waals surface area contributed by atoms with E-state index in [0.717, 1.165) is 6.42 Å². The molecule has 0 amide bonds. The summed E-state index contributed by atoms with van der Waals surface area (Å²) in [6.07, 6.45) is 1.02. The minimum atomic E-state index is -0.711. The first-order chi connectivity index (χ1) is 5.77. The third-order valence-electron chi connectivity index (χ3n) is 1.13. The zero-order valence-corrected chi connectivity index (χ0v) is 8.46. The number of rotatable bonds is 2. The SMILES string of the molecule is CCCC(=O)O.Cl.c1ccccc1. The Kier molecular flexibility index (Phi) is 12.2. The summed E-state index contributed by atoms with van der Waals surface area (Å²) >= 11 is 0. The van der Waals surface area contributed by atoms with E-state index in [-0.39, 0.29) is 12.4 Å². The van der Waals surface area contributed by atoms with Gasteiger partial charge in [-0.1, -0.05) is 43.3 Å². The molecule has 1 rings (SSSR count). The summed E-state index contributed by atoms with van der Waals surface area (Å²) in [5.41, 5.74) is 0. The van der Waals surface area contributed by atoms with Crippen molar-refractivity contribution in [2.45, 2.75) is 19.8 Å². The van der Waals surface area contributed by atoms with Crippen molar-refractivity contribution in [1.29, 1.82) is 0 Å². The van der Waals surface area contributed by atoms with Gasteiger partial charge in [-0.3, -0.25) is 4.79 Å². The summed E-state index contributed by atoms with van der Waals surface area (Å²) in [6, 6.07) is 12.0. The van der Waals surface area contributed by atoms with Crippen LogP contribution in [0.3, 0.4) is 0 Å². The van der Waals surface area contributed by atoms with E-state index >= 15 is 0 Å². The highest BCUT2D eigenvalue weighted by Gasteiger charge is 1.87. The molecule has 0 aromatic heterocycles. The molecule has 1 N–H and O–H groups in total. The molecule has 0 aliphatic rings. The predicted molar refractivity (Wildman–Crippen MR) is 56.2 cm³/mol. The minimum Gasteiger partial charge on any atom is -0.481 e. The highest BCUT2D eigenvalue weighted by Crippen LogP contribution is 1.82. The number of halogens is 1. The monoisotopic (exact) mass is 202 g/mol. The van der Waals surface area contributed by atoms with Crippen LogP contribution >= 0.6 is 12.4 Å². The predicted octanol–water partition coefficient (Wildman–Crippen LogP) is 2.98. The van der Waals surface area contributed by atoms with Crippen LogP contribution in [-0.2, 0) is 4.79 Å². The highest BCUT2D eigenvalue weighted by molar-refractivity contribution is 5.85. The van der Waals surface area contributed by atoms with Gasteiger partial charge in [-0.2, -0.15) is 0 Å². The van der Waals surface area contributed by atoms with Gasteiger partial charge in [0, 0.05) is 6.42 Å². The lowest BCUT2D eigenvalue weighted by atomic mass is 10.4. The molecule has 1 aromatic rings. The molecule has 13 heavy (non-hydrogen) atoms. The van der Waals surface area contributed by atoms with E-state index < -0.39 is 5.97 Å². The Morgan fingerprint density at radius 3 is 1.46 bits per heavy atom. The first-order valence-corrected chi connectivity index (χ1v) is 3.99. The van der Waals surface area contributed by atoms with E-state index in [1.165, 1.54) is 0 Å². The molecule has 0 saturated carbocycles. The fourth-order valence-electron chi connectivity index (χ4n) is 0.599. The fraction of sp³-hybridized carbons (Fsp3) is 0.300. The van der Waals surface area contributed by atoms with E-state index in [4.69, 9.17) is 5.11 Å². The fourth-order valence-corrected chi connectivity index (χ4v) is 0.599. The lowest BCUT2D eigenvalue weighted by Gasteiger charge is -1.79. The minimum absolute atomic E-state index is 0. The van der Waals surface area contributed by atoms with Gasteiger partial charge < -0.3 is 5.11 Å². The molecule has 0 heterocycles. The molecule has 0 unspecified atom stereocenters. The lowest BCUT2D eigenvalue weighted by Crippen LogP contribution is -1.90. The third kappa shape index (κ3) is 13.9. The van der Waals surface area contributed by atoms with Gasteiger partial charge in [-0.05, 0) is 6.42 Å². The van der Waals surface area contributed by atoms with Crippen molar-refractivity contribution in [3.8, 4) is 0 Å². The number of carboxylic acids is 1. The lowest BCUT2D eigenvalue weighted by molar-refractivity contribution is -0.137. The van der Waals surface area contributed by atoms with Crippen LogP contribution in [0.5, 0.6) is 0 Å². The molecule has 0 bridgehead atoms. The van der Waals surface area contributed by atoms with Crippen molar-refractivity contribution in [3.63, 3.8) is 0 Å². The molecule has 2 nitrogen and oxygen atoms in total. The zero-order chi connectivity index (χ0) is 9.23. The Bertz CT molecular complexity index is 173. The van der Waals surface area contributed by atoms with Crippen molar-refractivity contribution in [1.82, 2.24) is 0 Å². The standard InChI is InChI=1S/C6H6.C4H8O2.ClH/c1-2-4-6-5-3-1;1-2-3-4(5)6;/h1-6H;2-3H2,1H3,(H,5,6);1H. The van der Waals surface area contributed by atoms with Gasteiger partial charge in [-0.25, -0.2) is 0 Å². The number of aliphatic carboxylic acids is 1. The second-order valence-electron chi connectivity index (χ2n) is 2.30. The average Bonchev–Trinajstić information content (AvgIpc) is 2.08. The highest BCUT2D eigenvalue weighted by atomic mass is 35.5. The summed E-state index contributed by atoms with van der Waals surface area (Å²) in [6.45, 7) is 1.84. The molecular weight excluding hydrogens is 188 g/mol. The van der Waals surface area contributed by atoms with E-state index in [1.807, 2.05) is 43.3 Å². The van der Waals surface area contributed by atoms with Crippen LogP contribution in [0.1, 0.15) is 19.8 Å². The van der Waals surface area contributed by atoms with Gasteiger partial charge in [0.25, 0.3) is 0 Å². The molecule has 1 aromatic carbocycles.